The first-order chi connectivity index (χ1) is 8.13. The van der Waals surface area contributed by atoms with Crippen LogP contribution in [-0.4, -0.2) is 73.4 Å². The summed E-state index contributed by atoms with van der Waals surface area (Å²) in [6.45, 7) is 9.56. The molecule has 0 amide bonds. The van der Waals surface area contributed by atoms with Gasteiger partial charge in [-0.3, -0.25) is 4.90 Å². The van der Waals surface area contributed by atoms with E-state index in [-0.39, 0.29) is 25.4 Å². The van der Waals surface area contributed by atoms with E-state index in [4.69, 9.17) is 19.7 Å². The average molecular weight is 249 g/mol. The summed E-state index contributed by atoms with van der Waals surface area (Å²) >= 11 is 0. The smallest absolute Gasteiger partial charge is 0.0701 e. The first-order valence-corrected chi connectivity index (χ1v) is 6.31. The fourth-order valence-electron chi connectivity index (χ4n) is 1.67. The molecule has 0 aromatic heterocycles. The third kappa shape index (κ3) is 9.50. The number of rotatable bonds is 11. The van der Waals surface area contributed by atoms with Crippen LogP contribution in [0.4, 0.5) is 0 Å². The molecule has 0 saturated carbocycles. The van der Waals surface area contributed by atoms with Crippen molar-refractivity contribution in [2.24, 2.45) is 0 Å². The maximum absolute atomic E-state index is 8.67. The normalized spacial score (nSPS) is 15.2. The monoisotopic (exact) mass is 249 g/mol. The van der Waals surface area contributed by atoms with Crippen LogP contribution >= 0.6 is 0 Å². The van der Waals surface area contributed by atoms with Gasteiger partial charge in [0.25, 0.3) is 0 Å². The standard InChI is InChI=1S/C12H27NO4/c1-4-13(9-11(2)16-7-5-14)10-12(3)17-8-6-15/h11-12,14-15H,4-10H2,1-3H3. The summed E-state index contributed by atoms with van der Waals surface area (Å²) < 4.78 is 10.8. The predicted octanol–water partition coefficient (Wildman–Crippen LogP) is 0.103. The molecule has 17 heavy (non-hydrogen) atoms. The van der Waals surface area contributed by atoms with Crippen LogP contribution < -0.4 is 0 Å². The van der Waals surface area contributed by atoms with E-state index < -0.39 is 0 Å². The van der Waals surface area contributed by atoms with Gasteiger partial charge in [-0.2, -0.15) is 0 Å². The van der Waals surface area contributed by atoms with Crippen LogP contribution in [0.15, 0.2) is 0 Å². The Bertz CT molecular complexity index is 153. The van der Waals surface area contributed by atoms with Crippen molar-refractivity contribution in [3.63, 3.8) is 0 Å². The van der Waals surface area contributed by atoms with E-state index >= 15 is 0 Å². The third-order valence-corrected chi connectivity index (χ3v) is 2.47. The summed E-state index contributed by atoms with van der Waals surface area (Å²) in [5.74, 6) is 0. The first kappa shape index (κ1) is 16.8. The Labute approximate surface area is 104 Å². The number of ether oxygens (including phenoxy) is 2. The lowest BCUT2D eigenvalue weighted by Gasteiger charge is -2.27. The van der Waals surface area contributed by atoms with Gasteiger partial charge >= 0.3 is 0 Å². The Kier molecular flexibility index (Phi) is 10.8. The first-order valence-electron chi connectivity index (χ1n) is 6.31. The Morgan fingerprint density at radius 2 is 1.35 bits per heavy atom. The second-order valence-electron chi connectivity index (χ2n) is 4.16. The van der Waals surface area contributed by atoms with Gasteiger partial charge in [-0.05, 0) is 20.4 Å². The van der Waals surface area contributed by atoms with Crippen LogP contribution in [0.3, 0.4) is 0 Å². The lowest BCUT2D eigenvalue weighted by molar-refractivity contribution is -0.00811. The second-order valence-corrected chi connectivity index (χ2v) is 4.16. The van der Waals surface area contributed by atoms with Crippen molar-refractivity contribution in [3.8, 4) is 0 Å². The van der Waals surface area contributed by atoms with E-state index in [0.29, 0.717) is 13.2 Å². The van der Waals surface area contributed by atoms with Crippen LogP contribution in [-0.2, 0) is 9.47 Å². The van der Waals surface area contributed by atoms with Crippen molar-refractivity contribution in [3.05, 3.63) is 0 Å². The molecule has 0 heterocycles. The molecular formula is C12H27NO4. The molecule has 2 unspecified atom stereocenters. The molecule has 0 radical (unpaired) electrons. The zero-order valence-electron chi connectivity index (χ0n) is 11.3. The zero-order valence-corrected chi connectivity index (χ0v) is 11.3. The number of aliphatic hydroxyl groups is 2. The summed E-state index contributed by atoms with van der Waals surface area (Å²) in [4.78, 5) is 2.24. The number of nitrogens with zero attached hydrogens (tertiary/aromatic N) is 1. The fraction of sp³-hybridized carbons (Fsp3) is 1.00. The van der Waals surface area contributed by atoms with E-state index in [1.54, 1.807) is 0 Å². The van der Waals surface area contributed by atoms with Crippen molar-refractivity contribution in [2.45, 2.75) is 33.0 Å². The molecule has 0 spiro atoms. The number of aliphatic hydroxyl groups excluding tert-OH is 2. The van der Waals surface area contributed by atoms with Crippen molar-refractivity contribution >= 4 is 0 Å². The van der Waals surface area contributed by atoms with E-state index in [2.05, 4.69) is 11.8 Å². The Hall–Kier alpha value is -0.200. The van der Waals surface area contributed by atoms with E-state index in [0.717, 1.165) is 19.6 Å². The molecule has 5 heteroatoms. The number of likely N-dealkylation sites (N-methyl/N-ethyl adjacent to an activating group) is 1. The molecule has 0 aromatic carbocycles. The van der Waals surface area contributed by atoms with Crippen LogP contribution in [0, 0.1) is 0 Å². The molecule has 0 fully saturated rings. The molecule has 5 nitrogen and oxygen atoms in total. The minimum Gasteiger partial charge on any atom is -0.394 e. The molecule has 0 aromatic rings. The molecule has 2 atom stereocenters. The molecule has 2 N–H and O–H groups in total. The third-order valence-electron chi connectivity index (χ3n) is 2.47. The molecule has 0 aliphatic rings. The molecule has 0 aliphatic carbocycles. The molecule has 0 bridgehead atoms. The minimum absolute atomic E-state index is 0.0620. The van der Waals surface area contributed by atoms with Gasteiger partial charge in [-0.1, -0.05) is 6.92 Å². The van der Waals surface area contributed by atoms with Gasteiger partial charge in [-0.25, -0.2) is 0 Å². The maximum Gasteiger partial charge on any atom is 0.0701 e. The Balaban J connectivity index is 3.81. The van der Waals surface area contributed by atoms with Gasteiger partial charge in [0.2, 0.25) is 0 Å². The summed E-state index contributed by atoms with van der Waals surface area (Å²) in [6, 6.07) is 0. The highest BCUT2D eigenvalue weighted by Crippen LogP contribution is 2.01. The molecule has 0 rings (SSSR count). The van der Waals surface area contributed by atoms with E-state index in [9.17, 15) is 0 Å². The summed E-state index contributed by atoms with van der Waals surface area (Å²) in [5.41, 5.74) is 0. The van der Waals surface area contributed by atoms with Crippen molar-refractivity contribution in [1.29, 1.82) is 0 Å². The largest absolute Gasteiger partial charge is 0.394 e. The SMILES string of the molecule is CCN(CC(C)OCCO)CC(C)OCCO. The highest BCUT2D eigenvalue weighted by atomic mass is 16.5. The summed E-state index contributed by atoms with van der Waals surface area (Å²) in [7, 11) is 0. The summed E-state index contributed by atoms with van der Waals surface area (Å²) in [6.07, 6.45) is 0.208. The number of hydrogen-bond acceptors (Lipinski definition) is 5. The molecule has 104 valence electrons. The van der Waals surface area contributed by atoms with Gasteiger partial charge in [-0.15, -0.1) is 0 Å². The van der Waals surface area contributed by atoms with E-state index in [1.165, 1.54) is 0 Å². The Morgan fingerprint density at radius 1 is 0.941 bits per heavy atom. The highest BCUT2D eigenvalue weighted by Gasteiger charge is 2.12. The lowest BCUT2D eigenvalue weighted by Crippen LogP contribution is -2.38. The number of hydrogen-bond donors (Lipinski definition) is 2. The molecule has 0 aliphatic heterocycles. The topological polar surface area (TPSA) is 62.2 Å². The molecule has 0 saturated heterocycles. The maximum atomic E-state index is 8.67. The van der Waals surface area contributed by atoms with Gasteiger partial charge in [0.05, 0.1) is 38.6 Å². The van der Waals surface area contributed by atoms with Gasteiger partial charge in [0.15, 0.2) is 0 Å². The van der Waals surface area contributed by atoms with Gasteiger partial charge in [0.1, 0.15) is 0 Å². The van der Waals surface area contributed by atoms with E-state index in [1.807, 2.05) is 13.8 Å². The van der Waals surface area contributed by atoms with Crippen LogP contribution in [0.1, 0.15) is 20.8 Å². The van der Waals surface area contributed by atoms with Crippen LogP contribution in [0.2, 0.25) is 0 Å². The fourth-order valence-corrected chi connectivity index (χ4v) is 1.67. The van der Waals surface area contributed by atoms with Crippen molar-refractivity contribution in [2.75, 3.05) is 46.1 Å². The summed E-state index contributed by atoms with van der Waals surface area (Å²) in [5, 5.41) is 17.3. The van der Waals surface area contributed by atoms with Crippen molar-refractivity contribution in [1.82, 2.24) is 4.90 Å². The minimum atomic E-state index is 0.0620. The quantitative estimate of drug-likeness (QED) is 0.544. The average Bonchev–Trinajstić information content (AvgIpc) is 2.32. The van der Waals surface area contributed by atoms with Gasteiger partial charge in [0, 0.05) is 13.1 Å². The highest BCUT2D eigenvalue weighted by molar-refractivity contribution is 4.65. The second kappa shape index (κ2) is 10.9. The predicted molar refractivity (Wildman–Crippen MR) is 67.1 cm³/mol. The lowest BCUT2D eigenvalue weighted by atomic mass is 10.3. The molecular weight excluding hydrogens is 222 g/mol. The van der Waals surface area contributed by atoms with Crippen molar-refractivity contribution < 1.29 is 19.7 Å². The Morgan fingerprint density at radius 3 is 1.65 bits per heavy atom. The zero-order chi connectivity index (χ0) is 13.1. The van der Waals surface area contributed by atoms with Crippen LogP contribution in [0.25, 0.3) is 0 Å². The van der Waals surface area contributed by atoms with Crippen LogP contribution in [0.5, 0.6) is 0 Å². The van der Waals surface area contributed by atoms with Gasteiger partial charge < -0.3 is 19.7 Å².